The monoisotopic (exact) mass is 312 g/mol. The number of benzene rings is 1. The van der Waals surface area contributed by atoms with Crippen LogP contribution in [0.4, 0.5) is 0 Å². The molecule has 1 aromatic heterocycles. The van der Waals surface area contributed by atoms with Gasteiger partial charge in [0.2, 0.25) is 0 Å². The normalized spacial score (nSPS) is 10.5. The van der Waals surface area contributed by atoms with Gasteiger partial charge in [0, 0.05) is 21.5 Å². The largest absolute Gasteiger partial charge is 0.268 e. The summed E-state index contributed by atoms with van der Waals surface area (Å²) in [6, 6.07) is 7.40. The Morgan fingerprint density at radius 3 is 2.82 bits per heavy atom. The van der Waals surface area contributed by atoms with Crippen molar-refractivity contribution in [3.63, 3.8) is 0 Å². The van der Waals surface area contributed by atoms with E-state index in [-0.39, 0.29) is 5.56 Å². The lowest BCUT2D eigenvalue weighted by molar-refractivity contribution is 0.913. The lowest BCUT2D eigenvalue weighted by atomic mass is 10.1. The number of aryl methyl sites for hydroxylation is 1. The van der Waals surface area contributed by atoms with Gasteiger partial charge in [0.15, 0.2) is 0 Å². The van der Waals surface area contributed by atoms with Gasteiger partial charge in [-0.25, -0.2) is 5.10 Å². The fraction of sp³-hybridized carbons (Fsp3) is 0.167. The molecule has 0 unspecified atom stereocenters. The summed E-state index contributed by atoms with van der Waals surface area (Å²) < 4.78 is 0.922. The maximum atomic E-state index is 11.6. The van der Waals surface area contributed by atoms with E-state index in [1.54, 1.807) is 6.07 Å². The van der Waals surface area contributed by atoms with E-state index < -0.39 is 0 Å². The molecular weight excluding hydrogens is 304 g/mol. The Labute approximate surface area is 112 Å². The Morgan fingerprint density at radius 2 is 2.12 bits per heavy atom. The molecule has 0 saturated heterocycles. The fourth-order valence-corrected chi connectivity index (χ4v) is 2.30. The van der Waals surface area contributed by atoms with E-state index in [1.165, 1.54) is 0 Å². The highest BCUT2D eigenvalue weighted by molar-refractivity contribution is 9.10. The maximum absolute atomic E-state index is 11.6. The summed E-state index contributed by atoms with van der Waals surface area (Å²) in [5.74, 6) is 0. The van der Waals surface area contributed by atoms with Crippen LogP contribution in [0.3, 0.4) is 0 Å². The van der Waals surface area contributed by atoms with E-state index in [1.807, 2.05) is 25.1 Å². The molecule has 3 nitrogen and oxygen atoms in total. The second-order valence-electron chi connectivity index (χ2n) is 3.78. The molecule has 0 atom stereocenters. The smallest absolute Gasteiger partial charge is 0.267 e. The van der Waals surface area contributed by atoms with Gasteiger partial charge in [0.1, 0.15) is 0 Å². The van der Waals surface area contributed by atoms with Gasteiger partial charge in [-0.3, -0.25) is 4.79 Å². The molecule has 0 bridgehead atoms. The first-order chi connectivity index (χ1) is 8.06. The Morgan fingerprint density at radius 1 is 1.35 bits per heavy atom. The molecule has 0 spiro atoms. The highest BCUT2D eigenvalue weighted by atomic mass is 79.9. The van der Waals surface area contributed by atoms with Crippen LogP contribution in [0, 0.1) is 6.92 Å². The first-order valence-electron chi connectivity index (χ1n) is 5.05. The van der Waals surface area contributed by atoms with Crippen molar-refractivity contribution in [1.29, 1.82) is 0 Å². The lowest BCUT2D eigenvalue weighted by Crippen LogP contribution is -2.15. The Balaban J connectivity index is 2.38. The van der Waals surface area contributed by atoms with Gasteiger partial charge in [0.25, 0.3) is 5.56 Å². The zero-order chi connectivity index (χ0) is 12.4. The second kappa shape index (κ2) is 5.02. The molecule has 1 N–H and O–H groups in total. The van der Waals surface area contributed by atoms with Crippen molar-refractivity contribution in [3.8, 4) is 0 Å². The van der Waals surface area contributed by atoms with Crippen molar-refractivity contribution in [2.24, 2.45) is 0 Å². The molecule has 2 aromatic rings. The van der Waals surface area contributed by atoms with Crippen molar-refractivity contribution in [3.05, 3.63) is 60.9 Å². The van der Waals surface area contributed by atoms with Crippen molar-refractivity contribution in [2.45, 2.75) is 13.3 Å². The first kappa shape index (κ1) is 12.3. The van der Waals surface area contributed by atoms with Gasteiger partial charge >= 0.3 is 0 Å². The summed E-state index contributed by atoms with van der Waals surface area (Å²) in [7, 11) is 0. The standard InChI is InChI=1S/C12H10BrClN2O/c1-7-4-9(12(17)16-15-7)5-8-2-3-10(13)6-11(8)14/h2-4,6H,5H2,1H3,(H,16,17). The van der Waals surface area contributed by atoms with Crippen molar-refractivity contribution >= 4 is 27.5 Å². The molecule has 5 heteroatoms. The van der Waals surface area contributed by atoms with Crippen LogP contribution in [-0.4, -0.2) is 10.2 Å². The first-order valence-corrected chi connectivity index (χ1v) is 6.22. The molecule has 0 fully saturated rings. The number of nitrogens with one attached hydrogen (secondary N) is 1. The summed E-state index contributed by atoms with van der Waals surface area (Å²) in [4.78, 5) is 11.6. The van der Waals surface area contributed by atoms with Gasteiger partial charge in [-0.1, -0.05) is 33.6 Å². The zero-order valence-corrected chi connectivity index (χ0v) is 11.5. The lowest BCUT2D eigenvalue weighted by Gasteiger charge is -2.04. The SMILES string of the molecule is Cc1cc(Cc2ccc(Br)cc2Cl)c(=O)[nH]n1. The number of aromatic amines is 1. The van der Waals surface area contributed by atoms with E-state index in [0.717, 1.165) is 15.7 Å². The van der Waals surface area contributed by atoms with Crippen LogP contribution in [0.25, 0.3) is 0 Å². The van der Waals surface area contributed by atoms with Crippen LogP contribution in [0.15, 0.2) is 33.5 Å². The van der Waals surface area contributed by atoms with E-state index in [4.69, 9.17) is 11.6 Å². The highest BCUT2D eigenvalue weighted by Gasteiger charge is 2.06. The minimum atomic E-state index is -0.172. The molecule has 1 heterocycles. The van der Waals surface area contributed by atoms with Crippen LogP contribution >= 0.6 is 27.5 Å². The number of aromatic nitrogens is 2. The number of halogens is 2. The fourth-order valence-electron chi connectivity index (χ4n) is 1.56. The Hall–Kier alpha value is -1.13. The number of rotatable bonds is 2. The van der Waals surface area contributed by atoms with E-state index in [9.17, 15) is 4.79 Å². The minimum absolute atomic E-state index is 0.172. The molecule has 0 aliphatic rings. The van der Waals surface area contributed by atoms with Gasteiger partial charge in [0.05, 0.1) is 5.69 Å². The maximum Gasteiger partial charge on any atom is 0.267 e. The number of nitrogens with zero attached hydrogens (tertiary/aromatic N) is 1. The summed E-state index contributed by atoms with van der Waals surface area (Å²) in [5.41, 5.74) is 2.20. The molecule has 1 aromatic carbocycles. The molecule has 0 amide bonds. The zero-order valence-electron chi connectivity index (χ0n) is 9.13. The van der Waals surface area contributed by atoms with Crippen molar-refractivity contribution in [2.75, 3.05) is 0 Å². The predicted octanol–water partition coefficient (Wildman–Crippen LogP) is 3.09. The van der Waals surface area contributed by atoms with Gasteiger partial charge < -0.3 is 0 Å². The average molecular weight is 314 g/mol. The topological polar surface area (TPSA) is 45.8 Å². The van der Waals surface area contributed by atoms with Gasteiger partial charge in [-0.05, 0) is 30.7 Å². The minimum Gasteiger partial charge on any atom is -0.268 e. The molecule has 0 aliphatic heterocycles. The Bertz CT molecular complexity index is 610. The Kier molecular flexibility index (Phi) is 3.64. The average Bonchev–Trinajstić information content (AvgIpc) is 2.27. The third kappa shape index (κ3) is 2.96. The third-order valence-electron chi connectivity index (χ3n) is 2.40. The third-order valence-corrected chi connectivity index (χ3v) is 3.25. The molecule has 0 aliphatic carbocycles. The van der Waals surface area contributed by atoms with E-state index in [2.05, 4.69) is 26.1 Å². The van der Waals surface area contributed by atoms with Crippen LogP contribution in [0.2, 0.25) is 5.02 Å². The number of hydrogen-bond donors (Lipinski definition) is 1. The van der Waals surface area contributed by atoms with Crippen LogP contribution in [-0.2, 0) is 6.42 Å². The second-order valence-corrected chi connectivity index (χ2v) is 5.10. The molecule has 0 saturated carbocycles. The molecular formula is C12H10BrClN2O. The van der Waals surface area contributed by atoms with Crippen LogP contribution < -0.4 is 5.56 Å². The highest BCUT2D eigenvalue weighted by Crippen LogP contribution is 2.22. The van der Waals surface area contributed by atoms with Crippen LogP contribution in [0.5, 0.6) is 0 Å². The summed E-state index contributed by atoms with van der Waals surface area (Å²) in [6.45, 7) is 1.84. The van der Waals surface area contributed by atoms with Crippen LogP contribution in [0.1, 0.15) is 16.8 Å². The van der Waals surface area contributed by atoms with Gasteiger partial charge in [-0.2, -0.15) is 5.10 Å². The molecule has 0 radical (unpaired) electrons. The summed E-state index contributed by atoms with van der Waals surface area (Å²) in [6.07, 6.45) is 0.505. The molecule has 88 valence electrons. The van der Waals surface area contributed by atoms with E-state index >= 15 is 0 Å². The van der Waals surface area contributed by atoms with Crippen molar-refractivity contribution < 1.29 is 0 Å². The summed E-state index contributed by atoms with van der Waals surface area (Å²) >= 11 is 9.46. The van der Waals surface area contributed by atoms with E-state index in [0.29, 0.717) is 17.0 Å². The number of hydrogen-bond acceptors (Lipinski definition) is 2. The predicted molar refractivity (Wildman–Crippen MR) is 71.6 cm³/mol. The van der Waals surface area contributed by atoms with Crippen molar-refractivity contribution in [1.82, 2.24) is 10.2 Å². The molecule has 17 heavy (non-hydrogen) atoms. The number of H-pyrrole nitrogens is 1. The quantitative estimate of drug-likeness (QED) is 0.926. The van der Waals surface area contributed by atoms with Gasteiger partial charge in [-0.15, -0.1) is 0 Å². The molecule has 2 rings (SSSR count). The summed E-state index contributed by atoms with van der Waals surface area (Å²) in [5, 5.41) is 6.95.